The summed E-state index contributed by atoms with van der Waals surface area (Å²) in [6, 6.07) is 15.5. The van der Waals surface area contributed by atoms with Crippen LogP contribution in [0.5, 0.6) is 0 Å². The van der Waals surface area contributed by atoms with Crippen molar-refractivity contribution in [1.82, 2.24) is 24.8 Å². The number of nitrogens with zero attached hydrogens (tertiary/aromatic N) is 5. The fraction of sp³-hybridized carbons (Fsp3) is 0.448. The average molecular weight is 548 g/mol. The third-order valence-electron chi connectivity index (χ3n) is 7.88. The number of fused-ring (bicyclic) bond motifs is 1. The number of aromatic nitrogens is 5. The summed E-state index contributed by atoms with van der Waals surface area (Å²) >= 11 is 0. The monoisotopic (exact) mass is 547 g/mol. The molecule has 0 saturated carbocycles. The lowest BCUT2D eigenvalue weighted by molar-refractivity contribution is 0.0245. The van der Waals surface area contributed by atoms with Gasteiger partial charge < -0.3 is 14.6 Å². The second-order valence-corrected chi connectivity index (χ2v) is 15.1. The Balaban J connectivity index is 1.27. The Morgan fingerprint density at radius 2 is 1.87 bits per heavy atom. The van der Waals surface area contributed by atoms with Crippen LogP contribution in [0.1, 0.15) is 31.0 Å². The van der Waals surface area contributed by atoms with E-state index in [0.29, 0.717) is 18.4 Å². The van der Waals surface area contributed by atoms with E-state index in [1.54, 1.807) is 10.9 Å². The van der Waals surface area contributed by atoms with Crippen LogP contribution in [0.25, 0.3) is 16.5 Å². The molecule has 0 bridgehead atoms. The van der Waals surface area contributed by atoms with Gasteiger partial charge >= 0.3 is 0 Å². The number of ether oxygens (including phenoxy) is 1. The van der Waals surface area contributed by atoms with Gasteiger partial charge in [0.1, 0.15) is 0 Å². The van der Waals surface area contributed by atoms with Gasteiger partial charge in [0.2, 0.25) is 0 Å². The first kappa shape index (κ1) is 27.4. The maximum atomic E-state index is 13.1. The molecule has 0 radical (unpaired) electrons. The van der Waals surface area contributed by atoms with Crippen molar-refractivity contribution >= 4 is 19.1 Å². The zero-order valence-corrected chi connectivity index (χ0v) is 23.8. The summed E-state index contributed by atoms with van der Waals surface area (Å²) in [6.07, 6.45) is 6.44. The molecule has 39 heavy (non-hydrogen) atoms. The molecule has 0 spiro atoms. The Labute approximate surface area is 229 Å². The van der Waals surface area contributed by atoms with E-state index >= 15 is 0 Å². The number of hydrogen-bond donors (Lipinski definition) is 2. The van der Waals surface area contributed by atoms with E-state index in [0.717, 1.165) is 41.6 Å². The Morgan fingerprint density at radius 1 is 1.05 bits per heavy atom. The molecule has 0 aliphatic carbocycles. The SMILES string of the molecule is C[C@@H]1[C@@H]([Si](C)(C)O)[C@H](CCn2cc(CCO)nn2)O[C@@H]1CCc1cccc(-n2ncc3ccccc3c2=O)c1. The number of rotatable bonds is 10. The maximum absolute atomic E-state index is 13.1. The molecule has 2 N–H and O–H groups in total. The molecule has 3 heterocycles. The molecule has 206 valence electrons. The van der Waals surface area contributed by atoms with Crippen LogP contribution in [-0.2, 0) is 24.1 Å². The van der Waals surface area contributed by atoms with E-state index in [1.807, 2.05) is 61.8 Å². The molecule has 4 aromatic rings. The molecular weight excluding hydrogens is 510 g/mol. The second-order valence-electron chi connectivity index (χ2n) is 11.1. The van der Waals surface area contributed by atoms with Gasteiger partial charge in [-0.1, -0.05) is 42.5 Å². The summed E-state index contributed by atoms with van der Waals surface area (Å²) in [7, 11) is -2.48. The average Bonchev–Trinajstić information content (AvgIpc) is 3.50. The van der Waals surface area contributed by atoms with E-state index in [4.69, 9.17) is 9.84 Å². The standard InChI is InChI=1S/C29H37N5O4Si/c1-20-26(38-27(28(20)39(2,3)37)13-15-33-19-23(14-16-35)31-32-33)12-11-21-7-6-9-24(17-21)34-29(36)25-10-5-4-8-22(25)18-30-34/h4-10,17-20,26-28,35,37H,11-16H2,1-3H3/t20-,26+,27-,28+/m0/s1. The second kappa shape index (κ2) is 11.5. The minimum Gasteiger partial charge on any atom is -0.432 e. The van der Waals surface area contributed by atoms with Crippen molar-refractivity contribution in [3.8, 4) is 5.69 Å². The number of hydrogen-bond acceptors (Lipinski definition) is 7. The highest BCUT2D eigenvalue weighted by atomic mass is 28.4. The summed E-state index contributed by atoms with van der Waals surface area (Å²) in [4.78, 5) is 24.2. The van der Waals surface area contributed by atoms with Crippen LogP contribution in [0.15, 0.2) is 65.7 Å². The molecule has 0 amide bonds. The quantitative estimate of drug-likeness (QED) is 0.292. The van der Waals surface area contributed by atoms with Gasteiger partial charge in [-0.2, -0.15) is 9.78 Å². The Kier molecular flexibility index (Phi) is 8.08. The minimum atomic E-state index is -2.48. The fourth-order valence-electron chi connectivity index (χ4n) is 6.04. The Hall–Kier alpha value is -3.18. The molecule has 2 aromatic heterocycles. The summed E-state index contributed by atoms with van der Waals surface area (Å²) in [6.45, 7) is 6.90. The number of aliphatic hydroxyl groups is 1. The first-order valence-electron chi connectivity index (χ1n) is 13.7. The lowest BCUT2D eigenvalue weighted by atomic mass is 9.95. The van der Waals surface area contributed by atoms with Gasteiger partial charge in [0.15, 0.2) is 8.32 Å². The van der Waals surface area contributed by atoms with Crippen LogP contribution in [0, 0.1) is 5.92 Å². The molecule has 1 aliphatic rings. The molecule has 1 fully saturated rings. The van der Waals surface area contributed by atoms with Crippen molar-refractivity contribution in [2.45, 2.75) is 70.0 Å². The number of benzene rings is 2. The van der Waals surface area contributed by atoms with Crippen LogP contribution in [0.3, 0.4) is 0 Å². The molecule has 5 rings (SSSR count). The molecule has 4 atom stereocenters. The topological polar surface area (TPSA) is 115 Å². The van der Waals surface area contributed by atoms with Gasteiger partial charge in [0.25, 0.3) is 5.56 Å². The van der Waals surface area contributed by atoms with Crippen LogP contribution < -0.4 is 5.56 Å². The largest absolute Gasteiger partial charge is 0.432 e. The van der Waals surface area contributed by atoms with Crippen molar-refractivity contribution in [1.29, 1.82) is 0 Å². The highest BCUT2D eigenvalue weighted by molar-refractivity contribution is 6.71. The zero-order valence-electron chi connectivity index (χ0n) is 22.8. The van der Waals surface area contributed by atoms with Gasteiger partial charge in [-0.15, -0.1) is 5.10 Å². The summed E-state index contributed by atoms with van der Waals surface area (Å²) in [5.41, 5.74) is 2.62. The third kappa shape index (κ3) is 6.04. The third-order valence-corrected chi connectivity index (χ3v) is 10.4. The molecule has 9 nitrogen and oxygen atoms in total. The summed E-state index contributed by atoms with van der Waals surface area (Å²) in [5, 5.41) is 23.3. The first-order chi connectivity index (χ1) is 18.7. The fourth-order valence-corrected chi connectivity index (χ4v) is 8.70. The summed E-state index contributed by atoms with van der Waals surface area (Å²) < 4.78 is 9.85. The number of aryl methyl sites for hydroxylation is 2. The Bertz CT molecular complexity index is 1480. The van der Waals surface area contributed by atoms with Crippen molar-refractivity contribution in [2.24, 2.45) is 5.92 Å². The zero-order chi connectivity index (χ0) is 27.6. The molecule has 10 heteroatoms. The Morgan fingerprint density at radius 3 is 2.67 bits per heavy atom. The molecular formula is C29H37N5O4Si. The van der Waals surface area contributed by atoms with Crippen molar-refractivity contribution in [3.63, 3.8) is 0 Å². The van der Waals surface area contributed by atoms with Crippen molar-refractivity contribution < 1.29 is 14.6 Å². The minimum absolute atomic E-state index is 0.0322. The van der Waals surface area contributed by atoms with E-state index in [1.165, 1.54) is 4.68 Å². The lowest BCUT2D eigenvalue weighted by Gasteiger charge is -2.30. The van der Waals surface area contributed by atoms with Crippen molar-refractivity contribution in [3.05, 3.63) is 82.5 Å². The molecule has 1 saturated heterocycles. The van der Waals surface area contributed by atoms with E-state index in [9.17, 15) is 9.59 Å². The molecule has 1 aliphatic heterocycles. The van der Waals surface area contributed by atoms with Crippen LogP contribution in [0.4, 0.5) is 0 Å². The summed E-state index contributed by atoms with van der Waals surface area (Å²) in [5.74, 6) is 0.232. The van der Waals surface area contributed by atoms with E-state index in [2.05, 4.69) is 28.4 Å². The van der Waals surface area contributed by atoms with Gasteiger partial charge in [-0.05, 0) is 62.0 Å². The van der Waals surface area contributed by atoms with Crippen molar-refractivity contribution in [2.75, 3.05) is 6.61 Å². The predicted molar refractivity (Wildman–Crippen MR) is 152 cm³/mol. The highest BCUT2D eigenvalue weighted by Crippen LogP contribution is 2.45. The highest BCUT2D eigenvalue weighted by Gasteiger charge is 2.49. The van der Waals surface area contributed by atoms with E-state index in [-0.39, 0.29) is 35.8 Å². The first-order valence-corrected chi connectivity index (χ1v) is 16.7. The smallest absolute Gasteiger partial charge is 0.279 e. The lowest BCUT2D eigenvalue weighted by Crippen LogP contribution is -2.40. The van der Waals surface area contributed by atoms with Gasteiger partial charge in [-0.25, -0.2) is 0 Å². The van der Waals surface area contributed by atoms with Gasteiger partial charge in [0, 0.05) is 36.7 Å². The predicted octanol–water partition coefficient (Wildman–Crippen LogP) is 3.51. The van der Waals surface area contributed by atoms with Crippen LogP contribution in [0.2, 0.25) is 18.6 Å². The van der Waals surface area contributed by atoms with Crippen LogP contribution in [-0.4, -0.2) is 61.8 Å². The van der Waals surface area contributed by atoms with Crippen LogP contribution >= 0.6 is 0 Å². The maximum Gasteiger partial charge on any atom is 0.279 e. The normalized spacial score (nSPS) is 21.6. The van der Waals surface area contributed by atoms with E-state index < -0.39 is 8.32 Å². The van der Waals surface area contributed by atoms with Gasteiger partial charge in [-0.3, -0.25) is 9.48 Å². The molecule has 2 aromatic carbocycles. The molecule has 0 unspecified atom stereocenters. The number of aliphatic hydroxyl groups excluding tert-OH is 1. The van der Waals surface area contributed by atoms with Gasteiger partial charge in [0.05, 0.1) is 35.2 Å².